The van der Waals surface area contributed by atoms with Gasteiger partial charge in [-0.25, -0.2) is 18.1 Å². The number of ether oxygens (including phenoxy) is 1. The number of anilines is 4. The van der Waals surface area contributed by atoms with Crippen LogP contribution in [-0.2, 0) is 10.0 Å². The van der Waals surface area contributed by atoms with Gasteiger partial charge in [0.25, 0.3) is 0 Å². The molecule has 2 aromatic heterocycles. The summed E-state index contributed by atoms with van der Waals surface area (Å²) in [6.07, 6.45) is 3.42. The summed E-state index contributed by atoms with van der Waals surface area (Å²) in [6, 6.07) is 16.1. The van der Waals surface area contributed by atoms with E-state index in [1.54, 1.807) is 43.6 Å². The Morgan fingerprint density at radius 3 is 2.46 bits per heavy atom. The highest BCUT2D eigenvalue weighted by Crippen LogP contribution is 2.28. The lowest BCUT2D eigenvalue weighted by molar-refractivity contribution is 0.414. The minimum absolute atomic E-state index is 0.253. The van der Waals surface area contributed by atoms with Gasteiger partial charge in [-0.15, -0.1) is 0 Å². The molecule has 0 amide bonds. The molecule has 2 aromatic carbocycles. The van der Waals surface area contributed by atoms with Gasteiger partial charge in [0.15, 0.2) is 0 Å². The maximum atomic E-state index is 13.0. The van der Waals surface area contributed by atoms with E-state index in [9.17, 15) is 8.42 Å². The van der Waals surface area contributed by atoms with Gasteiger partial charge in [0.05, 0.1) is 23.4 Å². The summed E-state index contributed by atoms with van der Waals surface area (Å²) in [7, 11) is -1.89. The first kappa shape index (κ1) is 24.7. The highest BCUT2D eigenvalue weighted by Gasteiger charge is 2.27. The van der Waals surface area contributed by atoms with E-state index in [0.717, 1.165) is 41.4 Å². The Morgan fingerprint density at radius 1 is 0.973 bits per heavy atom. The number of aryl methyl sites for hydroxylation is 1. The molecule has 0 unspecified atom stereocenters. The van der Waals surface area contributed by atoms with E-state index in [2.05, 4.69) is 25.7 Å². The van der Waals surface area contributed by atoms with E-state index in [-0.39, 0.29) is 4.90 Å². The number of methoxy groups -OCH3 is 1. The molecular formula is C26H29N7O3S. The molecule has 0 atom stereocenters. The zero-order valence-electron chi connectivity index (χ0n) is 21.0. The van der Waals surface area contributed by atoms with Crippen molar-refractivity contribution >= 4 is 33.3 Å². The van der Waals surface area contributed by atoms with Crippen LogP contribution in [0.3, 0.4) is 0 Å². The average molecular weight is 520 g/mol. The fourth-order valence-corrected chi connectivity index (χ4v) is 5.78. The Balaban J connectivity index is 1.38. The average Bonchev–Trinajstić information content (AvgIpc) is 3.55. The molecule has 11 heteroatoms. The van der Waals surface area contributed by atoms with Crippen LogP contribution in [-0.4, -0.2) is 52.7 Å². The van der Waals surface area contributed by atoms with Gasteiger partial charge in [-0.2, -0.15) is 14.4 Å². The fourth-order valence-electron chi connectivity index (χ4n) is 4.21. The molecule has 0 aliphatic carbocycles. The zero-order chi connectivity index (χ0) is 26.0. The van der Waals surface area contributed by atoms with E-state index >= 15 is 0 Å². The van der Waals surface area contributed by atoms with Crippen molar-refractivity contribution in [2.24, 2.45) is 0 Å². The van der Waals surface area contributed by atoms with Gasteiger partial charge in [-0.05, 0) is 75.2 Å². The number of nitrogens with one attached hydrogen (secondary N) is 2. The molecule has 3 heterocycles. The maximum absolute atomic E-state index is 13.0. The Bertz CT molecular complexity index is 1510. The second-order valence-electron chi connectivity index (χ2n) is 8.82. The Kier molecular flexibility index (Phi) is 6.81. The minimum Gasteiger partial charge on any atom is -0.497 e. The molecule has 0 radical (unpaired) electrons. The quantitative estimate of drug-likeness (QED) is 0.348. The van der Waals surface area contributed by atoms with E-state index in [1.807, 2.05) is 42.8 Å². The topological polar surface area (TPSA) is 114 Å². The van der Waals surface area contributed by atoms with Crippen molar-refractivity contribution in [1.82, 2.24) is 24.1 Å². The molecule has 10 nitrogen and oxygen atoms in total. The Hall–Kier alpha value is -3.96. The number of aromatic nitrogens is 4. The number of benzene rings is 2. The summed E-state index contributed by atoms with van der Waals surface area (Å²) in [5.41, 5.74) is 3.35. The van der Waals surface area contributed by atoms with Crippen molar-refractivity contribution in [3.05, 3.63) is 72.1 Å². The first-order valence-electron chi connectivity index (χ1n) is 12.0. The Morgan fingerprint density at radius 2 is 1.73 bits per heavy atom. The lowest BCUT2D eigenvalue weighted by atomic mass is 10.2. The number of rotatable bonds is 8. The molecule has 0 spiro atoms. The van der Waals surface area contributed by atoms with Crippen LogP contribution in [0.2, 0.25) is 0 Å². The van der Waals surface area contributed by atoms with Gasteiger partial charge in [-0.3, -0.25) is 0 Å². The number of hydrogen-bond donors (Lipinski definition) is 2. The number of sulfonamides is 1. The molecule has 2 N–H and O–H groups in total. The van der Waals surface area contributed by atoms with Crippen molar-refractivity contribution in [2.45, 2.75) is 31.6 Å². The van der Waals surface area contributed by atoms with Crippen molar-refractivity contribution < 1.29 is 13.2 Å². The largest absolute Gasteiger partial charge is 0.497 e. The third-order valence-corrected chi connectivity index (χ3v) is 8.27. The van der Waals surface area contributed by atoms with Gasteiger partial charge in [0.2, 0.25) is 16.0 Å². The predicted octanol–water partition coefficient (Wildman–Crippen LogP) is 4.56. The molecule has 0 bridgehead atoms. The smallest absolute Gasteiger partial charge is 0.243 e. The lowest BCUT2D eigenvalue weighted by Gasteiger charge is -2.16. The molecular weight excluding hydrogens is 490 g/mol. The second kappa shape index (κ2) is 10.2. The monoisotopic (exact) mass is 519 g/mol. The molecule has 0 saturated carbocycles. The van der Waals surface area contributed by atoms with Crippen molar-refractivity contribution in [3.8, 4) is 11.4 Å². The first-order valence-corrected chi connectivity index (χ1v) is 13.5. The maximum Gasteiger partial charge on any atom is 0.243 e. The molecule has 1 aliphatic heterocycles. The van der Waals surface area contributed by atoms with Crippen LogP contribution >= 0.6 is 0 Å². The molecule has 37 heavy (non-hydrogen) atoms. The van der Waals surface area contributed by atoms with Crippen LogP contribution in [0.1, 0.15) is 24.1 Å². The summed E-state index contributed by atoms with van der Waals surface area (Å²) in [4.78, 5) is 9.16. The number of nitrogens with zero attached hydrogens (tertiary/aromatic N) is 5. The van der Waals surface area contributed by atoms with Crippen LogP contribution in [0.5, 0.6) is 5.75 Å². The van der Waals surface area contributed by atoms with Crippen molar-refractivity contribution in [1.29, 1.82) is 0 Å². The summed E-state index contributed by atoms with van der Waals surface area (Å²) in [5.74, 6) is 2.45. The van der Waals surface area contributed by atoms with Gasteiger partial charge in [0, 0.05) is 30.5 Å². The molecule has 1 saturated heterocycles. The van der Waals surface area contributed by atoms with E-state index in [1.165, 1.54) is 4.31 Å². The fraction of sp³-hybridized carbons (Fsp3) is 0.269. The summed E-state index contributed by atoms with van der Waals surface area (Å²) < 4.78 is 34.5. The van der Waals surface area contributed by atoms with Crippen LogP contribution in [0, 0.1) is 13.8 Å². The third-order valence-electron chi connectivity index (χ3n) is 6.37. The van der Waals surface area contributed by atoms with Gasteiger partial charge in [-0.1, -0.05) is 6.07 Å². The normalized spacial score (nSPS) is 14.0. The van der Waals surface area contributed by atoms with Crippen molar-refractivity contribution in [3.63, 3.8) is 0 Å². The molecule has 192 valence electrons. The highest BCUT2D eigenvalue weighted by atomic mass is 32.2. The van der Waals surface area contributed by atoms with Gasteiger partial charge < -0.3 is 15.4 Å². The third kappa shape index (κ3) is 5.13. The molecule has 5 rings (SSSR count). The minimum atomic E-state index is -3.52. The second-order valence-corrected chi connectivity index (χ2v) is 10.8. The summed E-state index contributed by atoms with van der Waals surface area (Å²) in [6.45, 7) is 5.07. The van der Waals surface area contributed by atoms with Crippen molar-refractivity contribution in [2.75, 3.05) is 30.8 Å². The lowest BCUT2D eigenvalue weighted by Crippen LogP contribution is -2.27. The van der Waals surface area contributed by atoms with E-state index in [4.69, 9.17) is 4.74 Å². The molecule has 4 aromatic rings. The SMILES string of the molecule is COc1ccc(-n2nc(C)c(C)c2Nc2ccnc(Nc3cccc(S(=O)(=O)N4CCCC4)c3)n2)cc1. The van der Waals surface area contributed by atoms with Crippen LogP contribution in [0.15, 0.2) is 65.7 Å². The predicted molar refractivity (Wildman–Crippen MR) is 143 cm³/mol. The zero-order valence-corrected chi connectivity index (χ0v) is 21.8. The van der Waals surface area contributed by atoms with Crippen LogP contribution < -0.4 is 15.4 Å². The summed E-state index contributed by atoms with van der Waals surface area (Å²) in [5, 5.41) is 11.2. The molecule has 1 fully saturated rings. The van der Waals surface area contributed by atoms with E-state index < -0.39 is 10.0 Å². The Labute approximate surface area is 216 Å². The van der Waals surface area contributed by atoms with Crippen LogP contribution in [0.4, 0.5) is 23.3 Å². The van der Waals surface area contributed by atoms with Gasteiger partial charge >= 0.3 is 0 Å². The standard InChI is InChI=1S/C26H29N7O3S/c1-18-19(2)31-33(21-9-11-22(36-3)12-10-21)25(18)29-24-13-14-27-26(30-24)28-20-7-6-8-23(17-20)37(34,35)32-15-4-5-16-32/h6-14,17H,4-5,15-16H2,1-3H3,(H2,27,28,29,30). The number of hydrogen-bond acceptors (Lipinski definition) is 8. The van der Waals surface area contributed by atoms with Crippen LogP contribution in [0.25, 0.3) is 5.69 Å². The highest BCUT2D eigenvalue weighted by molar-refractivity contribution is 7.89. The van der Waals surface area contributed by atoms with E-state index in [0.29, 0.717) is 30.5 Å². The first-order chi connectivity index (χ1) is 17.8. The van der Waals surface area contributed by atoms with Gasteiger partial charge in [0.1, 0.15) is 17.4 Å². The molecule has 1 aliphatic rings. The summed E-state index contributed by atoms with van der Waals surface area (Å²) >= 11 is 0.